The highest BCUT2D eigenvalue weighted by molar-refractivity contribution is 5.70. The lowest BCUT2D eigenvalue weighted by atomic mass is 9.94. The van der Waals surface area contributed by atoms with E-state index in [1.54, 1.807) is 18.4 Å². The number of hydrogen-bond donors (Lipinski definition) is 1. The lowest BCUT2D eigenvalue weighted by molar-refractivity contribution is -0.143. The third-order valence-corrected chi connectivity index (χ3v) is 4.17. The summed E-state index contributed by atoms with van der Waals surface area (Å²) < 4.78 is 18.7. The highest BCUT2D eigenvalue weighted by Crippen LogP contribution is 2.32. The van der Waals surface area contributed by atoms with E-state index in [1.165, 1.54) is 12.1 Å². The van der Waals surface area contributed by atoms with E-state index in [0.717, 1.165) is 24.3 Å². The SMILES string of the molecule is O=C(O)C1CCCN(C(c2ccc(F)cc2)c2ccco2)C1. The maximum absolute atomic E-state index is 13.2. The molecule has 1 saturated heterocycles. The summed E-state index contributed by atoms with van der Waals surface area (Å²) in [5, 5.41) is 9.28. The van der Waals surface area contributed by atoms with Gasteiger partial charge in [-0.15, -0.1) is 0 Å². The molecule has 116 valence electrons. The Morgan fingerprint density at radius 2 is 2.09 bits per heavy atom. The Kier molecular flexibility index (Phi) is 4.24. The van der Waals surface area contributed by atoms with E-state index in [4.69, 9.17) is 4.42 Å². The number of carboxylic acids is 1. The molecule has 0 bridgehead atoms. The van der Waals surface area contributed by atoms with Crippen LogP contribution in [0.25, 0.3) is 0 Å². The van der Waals surface area contributed by atoms with Crippen LogP contribution in [0.2, 0.25) is 0 Å². The van der Waals surface area contributed by atoms with E-state index in [1.807, 2.05) is 12.1 Å². The number of piperidine rings is 1. The lowest BCUT2D eigenvalue weighted by Crippen LogP contribution is -2.41. The van der Waals surface area contributed by atoms with E-state index in [2.05, 4.69) is 4.90 Å². The van der Waals surface area contributed by atoms with Gasteiger partial charge in [0.2, 0.25) is 0 Å². The Morgan fingerprint density at radius 3 is 2.73 bits per heavy atom. The molecule has 1 N–H and O–H groups in total. The molecule has 3 rings (SSSR count). The Hall–Kier alpha value is -2.14. The topological polar surface area (TPSA) is 53.7 Å². The fourth-order valence-electron chi connectivity index (χ4n) is 3.09. The van der Waals surface area contributed by atoms with Crippen molar-refractivity contribution in [2.75, 3.05) is 13.1 Å². The third kappa shape index (κ3) is 3.04. The van der Waals surface area contributed by atoms with Crippen molar-refractivity contribution in [3.05, 3.63) is 59.8 Å². The quantitative estimate of drug-likeness (QED) is 0.941. The van der Waals surface area contributed by atoms with Crippen molar-refractivity contribution >= 4 is 5.97 Å². The Labute approximate surface area is 128 Å². The summed E-state index contributed by atoms with van der Waals surface area (Å²) in [6.07, 6.45) is 3.12. The van der Waals surface area contributed by atoms with Gasteiger partial charge in [-0.05, 0) is 49.2 Å². The molecular weight excluding hydrogens is 285 g/mol. The maximum atomic E-state index is 13.2. The zero-order valence-electron chi connectivity index (χ0n) is 12.1. The second kappa shape index (κ2) is 6.32. The van der Waals surface area contributed by atoms with Crippen molar-refractivity contribution in [3.63, 3.8) is 0 Å². The molecule has 4 nitrogen and oxygen atoms in total. The van der Waals surface area contributed by atoms with Crippen LogP contribution in [0.15, 0.2) is 47.1 Å². The first-order valence-corrected chi connectivity index (χ1v) is 7.41. The van der Waals surface area contributed by atoms with Crippen LogP contribution in [-0.4, -0.2) is 29.1 Å². The van der Waals surface area contributed by atoms with Crippen LogP contribution < -0.4 is 0 Å². The summed E-state index contributed by atoms with van der Waals surface area (Å²) in [5.41, 5.74) is 0.905. The van der Waals surface area contributed by atoms with Gasteiger partial charge in [0.1, 0.15) is 11.6 Å². The summed E-state index contributed by atoms with van der Waals surface area (Å²) >= 11 is 0. The molecule has 5 heteroatoms. The number of rotatable bonds is 4. The zero-order chi connectivity index (χ0) is 15.5. The minimum absolute atomic E-state index is 0.183. The molecule has 1 aliphatic rings. The summed E-state index contributed by atoms with van der Waals surface area (Å²) in [6.45, 7) is 1.27. The number of nitrogens with zero attached hydrogens (tertiary/aromatic N) is 1. The molecule has 0 radical (unpaired) electrons. The van der Waals surface area contributed by atoms with Gasteiger partial charge in [0.15, 0.2) is 0 Å². The summed E-state index contributed by atoms with van der Waals surface area (Å²) in [4.78, 5) is 13.4. The normalized spacial score (nSPS) is 20.7. The van der Waals surface area contributed by atoms with Gasteiger partial charge in [-0.3, -0.25) is 9.69 Å². The number of hydrogen-bond acceptors (Lipinski definition) is 3. The van der Waals surface area contributed by atoms with Crippen LogP contribution in [0.5, 0.6) is 0 Å². The molecule has 0 aliphatic carbocycles. The van der Waals surface area contributed by atoms with Crippen molar-refractivity contribution in [2.45, 2.75) is 18.9 Å². The lowest BCUT2D eigenvalue weighted by Gasteiger charge is -2.36. The number of benzene rings is 1. The number of halogens is 1. The van der Waals surface area contributed by atoms with Crippen LogP contribution in [0.3, 0.4) is 0 Å². The van der Waals surface area contributed by atoms with Crippen molar-refractivity contribution in [1.29, 1.82) is 0 Å². The van der Waals surface area contributed by atoms with Gasteiger partial charge in [-0.25, -0.2) is 4.39 Å². The van der Waals surface area contributed by atoms with Crippen LogP contribution in [-0.2, 0) is 4.79 Å². The molecule has 0 saturated carbocycles. The number of carbonyl (C=O) groups is 1. The summed E-state index contributed by atoms with van der Waals surface area (Å²) in [5.74, 6) is -0.671. The minimum Gasteiger partial charge on any atom is -0.481 e. The van der Waals surface area contributed by atoms with E-state index in [0.29, 0.717) is 13.0 Å². The second-order valence-corrected chi connectivity index (χ2v) is 5.64. The first-order valence-electron chi connectivity index (χ1n) is 7.41. The van der Waals surface area contributed by atoms with E-state index in [9.17, 15) is 14.3 Å². The summed E-state index contributed by atoms with van der Waals surface area (Å²) in [6, 6.07) is 9.80. The van der Waals surface area contributed by atoms with Gasteiger partial charge in [0, 0.05) is 6.54 Å². The number of carboxylic acid groups (broad SMARTS) is 1. The minimum atomic E-state index is -0.762. The maximum Gasteiger partial charge on any atom is 0.307 e. The molecule has 1 aromatic carbocycles. The Bertz CT molecular complexity index is 624. The van der Waals surface area contributed by atoms with Gasteiger partial charge in [-0.2, -0.15) is 0 Å². The summed E-state index contributed by atoms with van der Waals surface area (Å²) in [7, 11) is 0. The second-order valence-electron chi connectivity index (χ2n) is 5.64. The molecule has 2 heterocycles. The van der Waals surface area contributed by atoms with Crippen LogP contribution >= 0.6 is 0 Å². The number of likely N-dealkylation sites (tertiary alicyclic amines) is 1. The molecule has 0 amide bonds. The van der Waals surface area contributed by atoms with Crippen molar-refractivity contribution < 1.29 is 18.7 Å². The van der Waals surface area contributed by atoms with Crippen LogP contribution in [0.1, 0.15) is 30.2 Å². The number of aliphatic carboxylic acids is 1. The van der Waals surface area contributed by atoms with Crippen LogP contribution in [0, 0.1) is 11.7 Å². The zero-order valence-corrected chi connectivity index (χ0v) is 12.1. The first kappa shape index (κ1) is 14.8. The van der Waals surface area contributed by atoms with Gasteiger partial charge in [0.05, 0.1) is 18.2 Å². The van der Waals surface area contributed by atoms with E-state index in [-0.39, 0.29) is 17.8 Å². The molecule has 2 unspecified atom stereocenters. The average Bonchev–Trinajstić information content (AvgIpc) is 3.04. The van der Waals surface area contributed by atoms with E-state index >= 15 is 0 Å². The first-order chi connectivity index (χ1) is 10.6. The Balaban J connectivity index is 1.92. The van der Waals surface area contributed by atoms with Gasteiger partial charge in [-0.1, -0.05) is 12.1 Å². The standard InChI is InChI=1S/C17H18FNO3/c18-14-7-5-12(6-8-14)16(15-4-2-10-22-15)19-9-1-3-13(11-19)17(20)21/h2,4-8,10,13,16H,1,3,9,11H2,(H,20,21). The molecule has 0 spiro atoms. The molecule has 2 atom stereocenters. The predicted molar refractivity (Wildman–Crippen MR) is 78.9 cm³/mol. The van der Waals surface area contributed by atoms with Gasteiger partial charge < -0.3 is 9.52 Å². The monoisotopic (exact) mass is 303 g/mol. The largest absolute Gasteiger partial charge is 0.481 e. The molecule has 22 heavy (non-hydrogen) atoms. The predicted octanol–water partition coefficient (Wildman–Crippen LogP) is 3.30. The van der Waals surface area contributed by atoms with Gasteiger partial charge in [0.25, 0.3) is 0 Å². The highest BCUT2D eigenvalue weighted by atomic mass is 19.1. The average molecular weight is 303 g/mol. The van der Waals surface area contributed by atoms with Crippen molar-refractivity contribution in [1.82, 2.24) is 4.90 Å². The fraction of sp³-hybridized carbons (Fsp3) is 0.353. The van der Waals surface area contributed by atoms with Gasteiger partial charge >= 0.3 is 5.97 Å². The smallest absolute Gasteiger partial charge is 0.307 e. The van der Waals surface area contributed by atoms with Crippen LogP contribution in [0.4, 0.5) is 4.39 Å². The third-order valence-electron chi connectivity index (χ3n) is 4.17. The highest BCUT2D eigenvalue weighted by Gasteiger charge is 2.32. The van der Waals surface area contributed by atoms with Crippen molar-refractivity contribution in [3.8, 4) is 0 Å². The molecule has 1 fully saturated rings. The molecule has 2 aromatic rings. The Morgan fingerprint density at radius 1 is 1.32 bits per heavy atom. The van der Waals surface area contributed by atoms with Crippen molar-refractivity contribution in [2.24, 2.45) is 5.92 Å². The fourth-order valence-corrected chi connectivity index (χ4v) is 3.09. The van der Waals surface area contributed by atoms with E-state index < -0.39 is 5.97 Å². The molecule has 1 aliphatic heterocycles. The molecular formula is C17H18FNO3. The number of furan rings is 1. The molecule has 1 aromatic heterocycles.